The van der Waals surface area contributed by atoms with E-state index in [1.54, 1.807) is 54.6 Å². The van der Waals surface area contributed by atoms with Crippen LogP contribution in [-0.2, 0) is 34.8 Å². The van der Waals surface area contributed by atoms with Gasteiger partial charge in [-0.05, 0) is 146 Å². The Bertz CT molecular complexity index is 3270. The molecule has 1 fully saturated rings. The number of rotatable bonds is 24. The van der Waals surface area contributed by atoms with Crippen LogP contribution in [0.5, 0.6) is 17.2 Å². The summed E-state index contributed by atoms with van der Waals surface area (Å²) in [5, 5.41) is 25.6. The number of carbonyl (C=O) groups is 2. The Morgan fingerprint density at radius 3 is 1.30 bits per heavy atom. The average Bonchev–Trinajstić information content (AvgIpc) is 3.51. The first-order valence-electron chi connectivity index (χ1n) is 27.7. The summed E-state index contributed by atoms with van der Waals surface area (Å²) in [4.78, 5) is 22.1. The van der Waals surface area contributed by atoms with E-state index in [4.69, 9.17) is 69.2 Å². The normalized spacial score (nSPS) is 12.0. The minimum absolute atomic E-state index is 0. The predicted octanol–water partition coefficient (Wildman–Crippen LogP) is 11.7. The number of ketones is 1. The van der Waals surface area contributed by atoms with Gasteiger partial charge in [-0.15, -0.1) is 0 Å². The molecule has 0 radical (unpaired) electrons. The van der Waals surface area contributed by atoms with Crippen molar-refractivity contribution in [3.8, 4) is 17.2 Å². The molecule has 0 saturated carbocycles. The Hall–Kier alpha value is -4.34. The Morgan fingerprint density at radius 2 is 0.919 bits per heavy atom. The molecule has 1 saturated heterocycles. The van der Waals surface area contributed by atoms with Crippen LogP contribution in [0, 0.1) is 6.92 Å². The summed E-state index contributed by atoms with van der Waals surface area (Å²) in [5.41, 5.74) is 1.84. The molecule has 1 aliphatic rings. The van der Waals surface area contributed by atoms with Gasteiger partial charge in [-0.25, -0.2) is 40.7 Å². The number of benzene rings is 6. The zero-order valence-electron chi connectivity index (χ0n) is 49.5. The van der Waals surface area contributed by atoms with Gasteiger partial charge in [-0.2, -0.15) is 6.42 Å². The Labute approximate surface area is 545 Å². The number of nitrogens with two attached hydrogens (primary N) is 3. The third-order valence-corrected chi connectivity index (χ3v) is 16.5. The van der Waals surface area contributed by atoms with Gasteiger partial charge < -0.3 is 31.0 Å². The monoisotopic (exact) mass is 1360 g/mol. The molecule has 6 aromatic rings. The first kappa shape index (κ1) is 79.7. The predicted molar refractivity (Wildman–Crippen MR) is 344 cm³/mol. The van der Waals surface area contributed by atoms with Gasteiger partial charge in [0.15, 0.2) is 5.78 Å². The molecule has 468 valence electrons. The van der Waals surface area contributed by atoms with Crippen molar-refractivity contribution >= 4 is 92.9 Å². The SMILES string of the molecule is C1CCOC1.CCCCCOc1ccc(Br)cc1.CCCCCOc1ccc(C(=O)c2ccc(Cl)c(S(N)(=O)=O)c2)cc1.CCCCCOc1ccc(C(O)c2ccc(Cl)c(S(N)(=O)=O)c2)cc1.NS(=O)(=O)c1cc(C=O)ccc1Cl.[CH2-]CCC.[Li+]. The van der Waals surface area contributed by atoms with Gasteiger partial charge in [0.25, 0.3) is 0 Å². The molecule has 6 aromatic carbocycles. The summed E-state index contributed by atoms with van der Waals surface area (Å²) in [6, 6.07) is 33.8. The maximum absolute atomic E-state index is 12.5. The zero-order valence-corrected chi connectivity index (χ0v) is 55.8. The second-order valence-electron chi connectivity index (χ2n) is 18.9. The molecule has 0 amide bonds. The molecule has 1 aliphatic heterocycles. The summed E-state index contributed by atoms with van der Waals surface area (Å²) >= 11 is 20.6. The summed E-state index contributed by atoms with van der Waals surface area (Å²) in [7, 11) is -11.8. The maximum Gasteiger partial charge on any atom is 1.00 e. The van der Waals surface area contributed by atoms with Crippen LogP contribution in [0.25, 0.3) is 0 Å². The van der Waals surface area contributed by atoms with Gasteiger partial charge in [-0.1, -0.05) is 148 Å². The van der Waals surface area contributed by atoms with Crippen molar-refractivity contribution in [2.75, 3.05) is 33.0 Å². The van der Waals surface area contributed by atoms with Crippen LogP contribution in [0.1, 0.15) is 155 Å². The van der Waals surface area contributed by atoms with Crippen LogP contribution in [-0.4, -0.2) is 75.5 Å². The van der Waals surface area contributed by atoms with Crippen molar-refractivity contribution in [1.82, 2.24) is 0 Å². The summed E-state index contributed by atoms with van der Waals surface area (Å²) in [5.74, 6) is 2.06. The van der Waals surface area contributed by atoms with Crippen molar-refractivity contribution in [2.45, 2.75) is 132 Å². The minimum Gasteiger partial charge on any atom is -0.494 e. The first-order chi connectivity index (χ1) is 40.3. The fourth-order valence-electron chi connectivity index (χ4n) is 7.06. The number of aliphatic hydroxyl groups excluding tert-OH is 1. The van der Waals surface area contributed by atoms with Crippen LogP contribution in [0.3, 0.4) is 0 Å². The molecule has 7 rings (SSSR count). The van der Waals surface area contributed by atoms with E-state index in [0.29, 0.717) is 41.9 Å². The van der Waals surface area contributed by atoms with E-state index in [2.05, 4.69) is 50.5 Å². The Kier molecular flexibility index (Phi) is 40.2. The Balaban J connectivity index is 0.000000562. The van der Waals surface area contributed by atoms with E-state index in [-0.39, 0.29) is 65.5 Å². The Morgan fingerprint density at radius 1 is 0.558 bits per heavy atom. The number of primary sulfonamides is 3. The standard InChI is InChI=1S/C18H22ClNO4S.C18H20ClNO4S.C11H15BrO.C7H6ClNO3S.C4H8O.C4H9.Li/c2*1-2-3-4-11-24-15-8-5-13(6-9-15)18(21)14-7-10-16(19)17(12-14)25(20,22)23;1-2-3-4-9-13-11-7-5-10(12)6-8-11;8-6-2-1-5(4-10)3-7(6)13(9,11)12;1-2-4-5-3-1;1-3-4-2;/h5-10,12,18,21H,2-4,11H2,1H3,(H2,20,22,23);5-10,12H,2-4,11H2,1H3,(H2,20,22,23);5-8H,2-4,9H2,1H3;1-4H,(H2,9,11,12);1-4H2;1,3-4H2,2H3;/q;;;;;-1;+1. The minimum atomic E-state index is -4.00. The van der Waals surface area contributed by atoms with Gasteiger partial charge in [0, 0.05) is 34.4 Å². The molecule has 1 heterocycles. The molecule has 1 atom stereocenters. The second-order valence-corrected chi connectivity index (χ2v) is 25.6. The zero-order chi connectivity index (χ0) is 63.4. The molecule has 0 aromatic heterocycles. The third kappa shape index (κ3) is 31.7. The topological polar surface area (TPSA) is 272 Å². The smallest absolute Gasteiger partial charge is 0.494 e. The number of hydrogen-bond donors (Lipinski definition) is 4. The van der Waals surface area contributed by atoms with Gasteiger partial charge in [0.05, 0.1) is 34.9 Å². The molecule has 1 unspecified atom stereocenters. The van der Waals surface area contributed by atoms with Crippen LogP contribution >= 0.6 is 50.7 Å². The maximum atomic E-state index is 12.5. The van der Waals surface area contributed by atoms with Crippen molar-refractivity contribution in [3.05, 3.63) is 182 Å². The van der Waals surface area contributed by atoms with Crippen molar-refractivity contribution < 1.29 is 77.8 Å². The van der Waals surface area contributed by atoms with Crippen LogP contribution in [0.2, 0.25) is 15.1 Å². The van der Waals surface area contributed by atoms with Gasteiger partial charge >= 0.3 is 18.9 Å². The van der Waals surface area contributed by atoms with Gasteiger partial charge in [0.2, 0.25) is 30.1 Å². The molecule has 0 bridgehead atoms. The van der Waals surface area contributed by atoms with Crippen molar-refractivity contribution in [2.24, 2.45) is 15.4 Å². The molecule has 0 spiro atoms. The number of halogens is 4. The number of carbonyl (C=O) groups excluding carboxylic acids is 2. The molecule has 0 aliphatic carbocycles. The molecule has 86 heavy (non-hydrogen) atoms. The number of hydrogen-bond acceptors (Lipinski definition) is 13. The summed E-state index contributed by atoms with van der Waals surface area (Å²) in [6.45, 7) is 16.3. The van der Waals surface area contributed by atoms with E-state index in [1.807, 2.05) is 24.3 Å². The van der Waals surface area contributed by atoms with Crippen molar-refractivity contribution in [1.29, 1.82) is 0 Å². The van der Waals surface area contributed by atoms with Gasteiger partial charge in [0.1, 0.15) is 44.3 Å². The molecule has 24 heteroatoms. The van der Waals surface area contributed by atoms with Crippen LogP contribution in [0.4, 0.5) is 0 Å². The molecule has 7 N–H and O–H groups in total. The fourth-order valence-corrected chi connectivity index (χ4v) is 10.6. The van der Waals surface area contributed by atoms with Crippen LogP contribution < -0.4 is 48.5 Å². The molecular formula is C62H80BrCl3LiN3O13S3. The second kappa shape index (κ2) is 43.3. The van der Waals surface area contributed by atoms with E-state index < -0.39 is 36.2 Å². The van der Waals surface area contributed by atoms with Crippen LogP contribution in [0.15, 0.2) is 147 Å². The average molecular weight is 1360 g/mol. The first-order valence-corrected chi connectivity index (χ1v) is 34.3. The number of unbranched alkanes of at least 4 members (excludes halogenated alkanes) is 7. The van der Waals surface area contributed by atoms with E-state index in [0.717, 1.165) is 93.2 Å². The number of aliphatic hydroxyl groups is 1. The largest absolute Gasteiger partial charge is 1.00 e. The molecule has 16 nitrogen and oxygen atoms in total. The number of aldehydes is 1. The number of ether oxygens (including phenoxy) is 4. The summed E-state index contributed by atoms with van der Waals surface area (Å²) in [6.07, 6.45) is 14.5. The van der Waals surface area contributed by atoms with E-state index in [9.17, 15) is 39.9 Å². The third-order valence-electron chi connectivity index (χ3n) is 11.8. The van der Waals surface area contributed by atoms with Gasteiger partial charge in [-0.3, -0.25) is 9.59 Å². The summed E-state index contributed by atoms with van der Waals surface area (Å²) < 4.78 is 90.8. The number of sulfonamides is 3. The van der Waals surface area contributed by atoms with Crippen molar-refractivity contribution in [3.63, 3.8) is 0 Å². The quantitative estimate of drug-likeness (QED) is 0.0144. The fraction of sp³-hybridized carbons (Fsp3) is 0.371. The van der Waals surface area contributed by atoms with E-state index in [1.165, 1.54) is 74.6 Å². The van der Waals surface area contributed by atoms with E-state index >= 15 is 0 Å². The molecular weight excluding hydrogens is 1280 g/mol.